The Balaban J connectivity index is 1.55. The second-order valence-electron chi connectivity index (χ2n) is 7.95. The number of nitrogens with zero attached hydrogens (tertiary/aromatic N) is 2. The molecule has 0 heterocycles. The molecule has 0 bridgehead atoms. The van der Waals surface area contributed by atoms with Crippen LogP contribution in [-0.2, 0) is 21.4 Å². The summed E-state index contributed by atoms with van der Waals surface area (Å²) in [5.74, 6) is -0.0918. The topological polar surface area (TPSA) is 108 Å². The van der Waals surface area contributed by atoms with Crippen molar-refractivity contribution in [2.75, 3.05) is 13.7 Å². The summed E-state index contributed by atoms with van der Waals surface area (Å²) in [5.41, 5.74) is 3.55. The molecule has 4 rings (SSSR count). The molecule has 184 valence electrons. The second-order valence-corrected chi connectivity index (χ2v) is 9.88. The summed E-state index contributed by atoms with van der Waals surface area (Å²) in [7, 11) is -2.51. The molecule has 8 nitrogen and oxygen atoms in total. The van der Waals surface area contributed by atoms with Gasteiger partial charge in [-0.2, -0.15) is 9.41 Å². The first-order chi connectivity index (χ1) is 17.4. The van der Waals surface area contributed by atoms with Crippen molar-refractivity contribution in [2.24, 2.45) is 5.10 Å². The molecule has 0 saturated heterocycles. The number of fused-ring (bicyclic) bond motifs is 1. The molecule has 4 aromatic rings. The summed E-state index contributed by atoms with van der Waals surface area (Å²) in [4.78, 5) is 12.8. The van der Waals surface area contributed by atoms with E-state index in [0.29, 0.717) is 11.3 Å². The van der Waals surface area contributed by atoms with Gasteiger partial charge in [-0.3, -0.25) is 4.79 Å². The molecule has 0 saturated carbocycles. The maximum absolute atomic E-state index is 13.4. The smallest absolute Gasteiger partial charge is 0.255 e. The summed E-state index contributed by atoms with van der Waals surface area (Å²) in [6.45, 7) is -0.460. The van der Waals surface area contributed by atoms with Gasteiger partial charge in [-0.05, 0) is 46.7 Å². The van der Waals surface area contributed by atoms with Crippen LogP contribution in [0.4, 0.5) is 0 Å². The van der Waals surface area contributed by atoms with Gasteiger partial charge < -0.3 is 9.84 Å². The van der Waals surface area contributed by atoms with Crippen LogP contribution in [-0.4, -0.2) is 43.6 Å². The summed E-state index contributed by atoms with van der Waals surface area (Å²) < 4.78 is 33.0. The van der Waals surface area contributed by atoms with E-state index < -0.39 is 22.5 Å². The number of carbonyl (C=O) groups excluding carboxylic acids is 1. The highest BCUT2D eigenvalue weighted by atomic mass is 32.2. The molecule has 2 N–H and O–H groups in total. The largest absolute Gasteiger partial charge is 0.507 e. The number of hydrogen-bond acceptors (Lipinski definition) is 6. The van der Waals surface area contributed by atoms with Gasteiger partial charge in [-0.15, -0.1) is 0 Å². The van der Waals surface area contributed by atoms with Crippen molar-refractivity contribution < 1.29 is 23.1 Å². The van der Waals surface area contributed by atoms with Crippen LogP contribution < -0.4 is 10.2 Å². The average molecular weight is 504 g/mol. The summed E-state index contributed by atoms with van der Waals surface area (Å²) in [6, 6.07) is 25.8. The number of amides is 1. The third kappa shape index (κ3) is 5.70. The number of carbonyl (C=O) groups is 1. The number of sulfonamides is 1. The molecule has 1 amide bonds. The standard InChI is InChI=1S/C27H25N3O5S/c1-35-22-12-14-23(15-13-22)36(33,34)30(18-20-7-3-2-4-8-20)19-27(32)29-28-17-25-24-10-6-5-9-21(24)11-16-26(25)31/h2-17,31H,18-19H2,1H3,(H,29,32)/b28-17-. The lowest BCUT2D eigenvalue weighted by atomic mass is 10.0. The van der Waals surface area contributed by atoms with Crippen LogP contribution >= 0.6 is 0 Å². The number of rotatable bonds is 9. The first kappa shape index (κ1) is 24.9. The molecule has 36 heavy (non-hydrogen) atoms. The van der Waals surface area contributed by atoms with Crippen LogP contribution in [0.15, 0.2) is 101 Å². The minimum atomic E-state index is -4.01. The molecule has 0 spiro atoms. The van der Waals surface area contributed by atoms with E-state index in [1.165, 1.54) is 25.5 Å². The van der Waals surface area contributed by atoms with Crippen molar-refractivity contribution >= 4 is 32.9 Å². The Morgan fingerprint density at radius 1 is 0.972 bits per heavy atom. The van der Waals surface area contributed by atoms with E-state index in [4.69, 9.17) is 4.74 Å². The van der Waals surface area contributed by atoms with Gasteiger partial charge in [0.15, 0.2) is 0 Å². The number of phenolic OH excluding ortho intramolecular Hbond substituents is 1. The lowest BCUT2D eigenvalue weighted by Gasteiger charge is -2.21. The quantitative estimate of drug-likeness (QED) is 0.266. The lowest BCUT2D eigenvalue weighted by Crippen LogP contribution is -2.39. The van der Waals surface area contributed by atoms with E-state index in [1.54, 1.807) is 48.5 Å². The molecule has 0 unspecified atom stereocenters. The zero-order valence-corrected chi connectivity index (χ0v) is 20.4. The molecule has 4 aromatic carbocycles. The Hall–Kier alpha value is -4.21. The number of benzene rings is 4. The molecule has 0 aliphatic heterocycles. The Kier molecular flexibility index (Phi) is 7.62. The van der Waals surface area contributed by atoms with E-state index in [2.05, 4.69) is 10.5 Å². The number of nitrogens with one attached hydrogen (secondary N) is 1. The fourth-order valence-electron chi connectivity index (χ4n) is 3.69. The fraction of sp³-hybridized carbons (Fsp3) is 0.111. The number of aromatic hydroxyl groups is 1. The lowest BCUT2D eigenvalue weighted by molar-refractivity contribution is -0.121. The minimum Gasteiger partial charge on any atom is -0.507 e. The fourth-order valence-corrected chi connectivity index (χ4v) is 5.08. The van der Waals surface area contributed by atoms with Crippen molar-refractivity contribution in [2.45, 2.75) is 11.4 Å². The normalized spacial score (nSPS) is 11.7. The Morgan fingerprint density at radius 2 is 1.67 bits per heavy atom. The molecule has 0 fully saturated rings. The predicted molar refractivity (Wildman–Crippen MR) is 138 cm³/mol. The monoisotopic (exact) mass is 503 g/mol. The number of hydrogen-bond donors (Lipinski definition) is 2. The Labute approximate surface area is 209 Å². The number of methoxy groups -OCH3 is 1. The molecule has 0 aliphatic rings. The van der Waals surface area contributed by atoms with Crippen molar-refractivity contribution in [3.8, 4) is 11.5 Å². The van der Waals surface area contributed by atoms with Crippen LogP contribution in [0.5, 0.6) is 11.5 Å². The van der Waals surface area contributed by atoms with Crippen molar-refractivity contribution in [1.82, 2.24) is 9.73 Å². The molecule has 0 atom stereocenters. The van der Waals surface area contributed by atoms with E-state index in [-0.39, 0.29) is 17.2 Å². The third-order valence-corrected chi connectivity index (χ3v) is 7.36. The number of ether oxygens (including phenoxy) is 1. The molecule has 0 radical (unpaired) electrons. The van der Waals surface area contributed by atoms with E-state index in [9.17, 15) is 18.3 Å². The van der Waals surface area contributed by atoms with Crippen LogP contribution in [0.1, 0.15) is 11.1 Å². The van der Waals surface area contributed by atoms with Crippen molar-refractivity contribution in [3.05, 3.63) is 102 Å². The molecular weight excluding hydrogens is 478 g/mol. The van der Waals surface area contributed by atoms with E-state index >= 15 is 0 Å². The maximum Gasteiger partial charge on any atom is 0.255 e. The van der Waals surface area contributed by atoms with Gasteiger partial charge in [0.1, 0.15) is 11.5 Å². The second kappa shape index (κ2) is 11.0. The third-order valence-electron chi connectivity index (χ3n) is 5.55. The summed E-state index contributed by atoms with van der Waals surface area (Å²) >= 11 is 0. The molecule has 9 heteroatoms. The highest BCUT2D eigenvalue weighted by molar-refractivity contribution is 7.89. The van der Waals surface area contributed by atoms with E-state index in [0.717, 1.165) is 20.6 Å². The first-order valence-electron chi connectivity index (χ1n) is 11.1. The zero-order valence-electron chi connectivity index (χ0n) is 19.5. The van der Waals surface area contributed by atoms with Crippen LogP contribution in [0.3, 0.4) is 0 Å². The SMILES string of the molecule is COc1ccc(S(=O)(=O)N(CC(=O)N/N=C\c2c(O)ccc3ccccc23)Cc2ccccc2)cc1. The van der Waals surface area contributed by atoms with E-state index in [1.807, 2.05) is 30.3 Å². The van der Waals surface area contributed by atoms with Gasteiger partial charge in [0, 0.05) is 12.1 Å². The average Bonchev–Trinajstić information content (AvgIpc) is 2.90. The Morgan fingerprint density at radius 3 is 2.39 bits per heavy atom. The summed E-state index contributed by atoms with van der Waals surface area (Å²) in [6.07, 6.45) is 1.34. The Bertz CT molecular complexity index is 1490. The minimum absolute atomic E-state index is 0.00352. The van der Waals surface area contributed by atoms with Gasteiger partial charge in [0.25, 0.3) is 5.91 Å². The van der Waals surface area contributed by atoms with Crippen LogP contribution in [0, 0.1) is 0 Å². The highest BCUT2D eigenvalue weighted by Gasteiger charge is 2.27. The first-order valence-corrected chi connectivity index (χ1v) is 12.5. The number of hydrazone groups is 1. The van der Waals surface area contributed by atoms with Crippen LogP contribution in [0.25, 0.3) is 10.8 Å². The number of phenols is 1. The van der Waals surface area contributed by atoms with Gasteiger partial charge in [0.2, 0.25) is 10.0 Å². The predicted octanol–water partition coefficient (Wildman–Crippen LogP) is 3.90. The molecular formula is C27H25N3O5S. The van der Waals surface area contributed by atoms with Gasteiger partial charge >= 0.3 is 0 Å². The highest BCUT2D eigenvalue weighted by Crippen LogP contribution is 2.25. The maximum atomic E-state index is 13.4. The van der Waals surface area contributed by atoms with Crippen LogP contribution in [0.2, 0.25) is 0 Å². The zero-order chi connectivity index (χ0) is 25.5. The van der Waals surface area contributed by atoms with Gasteiger partial charge in [-0.1, -0.05) is 60.7 Å². The molecule has 0 aliphatic carbocycles. The van der Waals surface area contributed by atoms with Crippen molar-refractivity contribution in [1.29, 1.82) is 0 Å². The summed E-state index contributed by atoms with van der Waals surface area (Å²) in [5, 5.41) is 15.9. The molecule has 0 aromatic heterocycles. The van der Waals surface area contributed by atoms with Gasteiger partial charge in [0.05, 0.1) is 24.8 Å². The van der Waals surface area contributed by atoms with Gasteiger partial charge in [-0.25, -0.2) is 13.8 Å². The van der Waals surface area contributed by atoms with Crippen molar-refractivity contribution in [3.63, 3.8) is 0 Å².